The maximum atomic E-state index is 12.4. The van der Waals surface area contributed by atoms with Gasteiger partial charge in [-0.25, -0.2) is 4.79 Å². The number of nitrogens with zero attached hydrogens (tertiary/aromatic N) is 2. The van der Waals surface area contributed by atoms with Crippen LogP contribution < -0.4 is 15.4 Å². The van der Waals surface area contributed by atoms with Crippen molar-refractivity contribution < 1.29 is 14.3 Å². The Hall–Kier alpha value is -2.83. The topological polar surface area (TPSA) is 83.6 Å². The normalized spacial score (nSPS) is 17.0. The first-order valence-electron chi connectivity index (χ1n) is 8.30. The lowest BCUT2D eigenvalue weighted by molar-refractivity contribution is -0.124. The van der Waals surface area contributed by atoms with E-state index in [4.69, 9.17) is 4.74 Å². The minimum Gasteiger partial charge on any atom is -0.494 e. The SMILES string of the molecule is COc1ccc(CN(C)C(=O)N[C@H]2CCCNC2=O)c2cccnc12. The van der Waals surface area contributed by atoms with E-state index in [9.17, 15) is 9.59 Å². The molecule has 1 atom stereocenters. The third-order valence-corrected chi connectivity index (χ3v) is 4.38. The van der Waals surface area contributed by atoms with Crippen LogP contribution in [-0.2, 0) is 11.3 Å². The maximum absolute atomic E-state index is 12.4. The number of hydrogen-bond donors (Lipinski definition) is 2. The Morgan fingerprint density at radius 3 is 3.04 bits per heavy atom. The molecule has 0 aliphatic carbocycles. The van der Waals surface area contributed by atoms with Gasteiger partial charge < -0.3 is 20.3 Å². The third kappa shape index (κ3) is 3.65. The van der Waals surface area contributed by atoms with Gasteiger partial charge in [-0.2, -0.15) is 0 Å². The van der Waals surface area contributed by atoms with Crippen molar-refractivity contribution in [1.82, 2.24) is 20.5 Å². The number of piperidine rings is 1. The van der Waals surface area contributed by atoms with Gasteiger partial charge in [0.15, 0.2) is 0 Å². The molecule has 2 heterocycles. The number of rotatable bonds is 4. The molecule has 3 rings (SSSR count). The molecule has 1 aromatic carbocycles. The van der Waals surface area contributed by atoms with E-state index in [1.54, 1.807) is 25.3 Å². The minimum atomic E-state index is -0.460. The molecule has 25 heavy (non-hydrogen) atoms. The Morgan fingerprint density at radius 2 is 2.28 bits per heavy atom. The molecular formula is C18H22N4O3. The number of ether oxygens (including phenoxy) is 1. The number of nitrogens with one attached hydrogen (secondary N) is 2. The summed E-state index contributed by atoms with van der Waals surface area (Å²) in [5.74, 6) is 0.581. The molecule has 0 spiro atoms. The van der Waals surface area contributed by atoms with Crippen LogP contribution in [0.1, 0.15) is 18.4 Å². The highest BCUT2D eigenvalue weighted by molar-refractivity contribution is 5.89. The van der Waals surface area contributed by atoms with Crippen molar-refractivity contribution in [3.63, 3.8) is 0 Å². The summed E-state index contributed by atoms with van der Waals surface area (Å²) in [5, 5.41) is 6.50. The van der Waals surface area contributed by atoms with Gasteiger partial charge in [0.2, 0.25) is 5.91 Å². The Bertz CT molecular complexity index is 793. The number of benzene rings is 1. The number of carbonyl (C=O) groups excluding carboxylic acids is 2. The molecule has 0 saturated carbocycles. The van der Waals surface area contributed by atoms with Crippen LogP contribution in [0.5, 0.6) is 5.75 Å². The van der Waals surface area contributed by atoms with Gasteiger partial charge >= 0.3 is 6.03 Å². The molecule has 7 heteroatoms. The fourth-order valence-electron chi connectivity index (χ4n) is 3.00. The first-order valence-corrected chi connectivity index (χ1v) is 8.30. The predicted molar refractivity (Wildman–Crippen MR) is 94.3 cm³/mol. The molecule has 1 aromatic heterocycles. The lowest BCUT2D eigenvalue weighted by atomic mass is 10.1. The summed E-state index contributed by atoms with van der Waals surface area (Å²) in [5.41, 5.74) is 1.73. The van der Waals surface area contributed by atoms with Gasteiger partial charge in [-0.1, -0.05) is 12.1 Å². The molecule has 3 amide bonds. The zero-order chi connectivity index (χ0) is 17.8. The van der Waals surface area contributed by atoms with Crippen molar-refractivity contribution >= 4 is 22.8 Å². The zero-order valence-corrected chi connectivity index (χ0v) is 14.4. The van der Waals surface area contributed by atoms with E-state index in [2.05, 4.69) is 15.6 Å². The van der Waals surface area contributed by atoms with Crippen LogP contribution in [0.3, 0.4) is 0 Å². The molecule has 1 saturated heterocycles. The van der Waals surface area contributed by atoms with Gasteiger partial charge in [0, 0.05) is 31.7 Å². The summed E-state index contributed by atoms with van der Waals surface area (Å²) in [6.45, 7) is 1.08. The van der Waals surface area contributed by atoms with E-state index < -0.39 is 6.04 Å². The molecule has 2 N–H and O–H groups in total. The highest BCUT2D eigenvalue weighted by Gasteiger charge is 2.25. The monoisotopic (exact) mass is 342 g/mol. The summed E-state index contributed by atoms with van der Waals surface area (Å²) in [7, 11) is 3.32. The van der Waals surface area contributed by atoms with Crippen molar-refractivity contribution in [2.75, 3.05) is 20.7 Å². The third-order valence-electron chi connectivity index (χ3n) is 4.38. The molecule has 7 nitrogen and oxygen atoms in total. The first-order chi connectivity index (χ1) is 12.1. The standard InChI is InChI=1S/C18H22N4O3/c1-22(18(24)21-14-6-4-10-20-17(14)23)11-12-7-8-15(25-2)16-13(12)5-3-9-19-16/h3,5,7-9,14H,4,6,10-11H2,1-2H3,(H,20,23)(H,21,24)/t14-/m0/s1. The number of carbonyl (C=O) groups is 2. The number of pyridine rings is 1. The average Bonchev–Trinajstić information content (AvgIpc) is 2.63. The fourth-order valence-corrected chi connectivity index (χ4v) is 3.00. The van der Waals surface area contributed by atoms with Crippen molar-refractivity contribution in [1.29, 1.82) is 0 Å². The number of urea groups is 1. The first kappa shape index (κ1) is 17.0. The highest BCUT2D eigenvalue weighted by Crippen LogP contribution is 2.27. The van der Waals surface area contributed by atoms with Crippen molar-refractivity contribution in [2.45, 2.75) is 25.4 Å². The van der Waals surface area contributed by atoms with Gasteiger partial charge in [0.25, 0.3) is 0 Å². The molecular weight excluding hydrogens is 320 g/mol. The molecule has 1 fully saturated rings. The van der Waals surface area contributed by atoms with E-state index in [-0.39, 0.29) is 11.9 Å². The Morgan fingerprint density at radius 1 is 1.44 bits per heavy atom. The zero-order valence-electron chi connectivity index (χ0n) is 14.4. The van der Waals surface area contributed by atoms with E-state index in [0.29, 0.717) is 25.3 Å². The lowest BCUT2D eigenvalue weighted by Crippen LogP contribution is -2.52. The predicted octanol–water partition coefficient (Wildman–Crippen LogP) is 1.66. The Labute approximate surface area is 146 Å². The maximum Gasteiger partial charge on any atom is 0.318 e. The number of methoxy groups -OCH3 is 1. The molecule has 0 bridgehead atoms. The van der Waals surface area contributed by atoms with E-state index in [1.807, 2.05) is 24.3 Å². The van der Waals surface area contributed by atoms with Crippen LogP contribution in [0.15, 0.2) is 30.5 Å². The van der Waals surface area contributed by atoms with Crippen LogP contribution in [0, 0.1) is 0 Å². The van der Waals surface area contributed by atoms with Gasteiger partial charge in [0.1, 0.15) is 17.3 Å². The number of hydrogen-bond acceptors (Lipinski definition) is 4. The number of fused-ring (bicyclic) bond motifs is 1. The van der Waals surface area contributed by atoms with Crippen molar-refractivity contribution in [3.05, 3.63) is 36.0 Å². The minimum absolute atomic E-state index is 0.118. The summed E-state index contributed by atoms with van der Waals surface area (Å²) in [6, 6.07) is 6.87. The second kappa shape index (κ2) is 7.38. The lowest BCUT2D eigenvalue weighted by Gasteiger charge is -2.26. The molecule has 2 aromatic rings. The number of amides is 3. The van der Waals surface area contributed by atoms with Crippen LogP contribution in [0.25, 0.3) is 10.9 Å². The number of aromatic nitrogens is 1. The van der Waals surface area contributed by atoms with Crippen LogP contribution in [-0.4, -0.2) is 48.6 Å². The summed E-state index contributed by atoms with van der Waals surface area (Å²) >= 11 is 0. The van der Waals surface area contributed by atoms with Gasteiger partial charge in [-0.15, -0.1) is 0 Å². The Kier molecular flexibility index (Phi) is 5.02. The van der Waals surface area contributed by atoms with E-state index in [1.165, 1.54) is 0 Å². The smallest absolute Gasteiger partial charge is 0.318 e. The average molecular weight is 342 g/mol. The molecule has 0 radical (unpaired) electrons. The summed E-state index contributed by atoms with van der Waals surface area (Å²) < 4.78 is 5.35. The van der Waals surface area contributed by atoms with Crippen LogP contribution in [0.4, 0.5) is 4.79 Å². The largest absolute Gasteiger partial charge is 0.494 e. The Balaban J connectivity index is 1.74. The van der Waals surface area contributed by atoms with Crippen LogP contribution in [0.2, 0.25) is 0 Å². The van der Waals surface area contributed by atoms with Crippen LogP contribution >= 0.6 is 0 Å². The quantitative estimate of drug-likeness (QED) is 0.885. The van der Waals surface area contributed by atoms with Gasteiger partial charge in [0.05, 0.1) is 7.11 Å². The van der Waals surface area contributed by atoms with Gasteiger partial charge in [-0.3, -0.25) is 9.78 Å². The molecule has 0 unspecified atom stereocenters. The van der Waals surface area contributed by atoms with E-state index in [0.717, 1.165) is 22.9 Å². The second-order valence-electron chi connectivity index (χ2n) is 6.12. The summed E-state index contributed by atoms with van der Waals surface area (Å²) in [6.07, 6.45) is 3.25. The van der Waals surface area contributed by atoms with Crippen molar-refractivity contribution in [2.24, 2.45) is 0 Å². The molecule has 1 aliphatic heterocycles. The van der Waals surface area contributed by atoms with Crippen molar-refractivity contribution in [3.8, 4) is 5.75 Å². The summed E-state index contributed by atoms with van der Waals surface area (Å²) in [4.78, 5) is 30.1. The van der Waals surface area contributed by atoms with E-state index >= 15 is 0 Å². The molecule has 1 aliphatic rings. The second-order valence-corrected chi connectivity index (χ2v) is 6.12. The highest BCUT2D eigenvalue weighted by atomic mass is 16.5. The fraction of sp³-hybridized carbons (Fsp3) is 0.389. The molecule has 132 valence electrons. The van der Waals surface area contributed by atoms with Gasteiger partial charge in [-0.05, 0) is 30.5 Å².